The van der Waals surface area contributed by atoms with Gasteiger partial charge in [0.25, 0.3) is 0 Å². The minimum absolute atomic E-state index is 0.248. The summed E-state index contributed by atoms with van der Waals surface area (Å²) in [6, 6.07) is 13.7. The second-order valence-electron chi connectivity index (χ2n) is 4.40. The van der Waals surface area contributed by atoms with Gasteiger partial charge in [-0.25, -0.2) is 14.6 Å². The maximum atomic E-state index is 12.1. The van der Waals surface area contributed by atoms with Crippen LogP contribution >= 0.6 is 0 Å². The standard InChI is InChI=1S/C16H11NO4/c1-20-15(18)11-7-8-13-12(9-11)16(19)21-14(17-13)10-5-3-2-4-6-10/h2-9H,1H3. The molecular weight excluding hydrogens is 270 g/mol. The number of carbonyl (C=O) groups is 1. The summed E-state index contributed by atoms with van der Waals surface area (Å²) in [5.74, 6) is -0.262. The van der Waals surface area contributed by atoms with Gasteiger partial charge in [0.05, 0.1) is 23.6 Å². The minimum Gasteiger partial charge on any atom is -0.465 e. The van der Waals surface area contributed by atoms with Crippen LogP contribution in [0.25, 0.3) is 22.4 Å². The summed E-state index contributed by atoms with van der Waals surface area (Å²) < 4.78 is 9.85. The molecule has 1 aromatic heterocycles. The highest BCUT2D eigenvalue weighted by Gasteiger charge is 2.12. The van der Waals surface area contributed by atoms with Crippen LogP contribution in [-0.2, 0) is 4.74 Å². The normalized spacial score (nSPS) is 10.5. The first kappa shape index (κ1) is 13.1. The summed E-state index contributed by atoms with van der Waals surface area (Å²) in [5, 5.41) is 0.248. The Morgan fingerprint density at radius 2 is 1.90 bits per heavy atom. The summed E-state index contributed by atoms with van der Waals surface area (Å²) in [4.78, 5) is 27.9. The molecule has 0 saturated carbocycles. The Morgan fingerprint density at radius 1 is 1.14 bits per heavy atom. The molecule has 0 N–H and O–H groups in total. The van der Waals surface area contributed by atoms with Crippen LogP contribution in [0.15, 0.2) is 57.7 Å². The van der Waals surface area contributed by atoms with Crippen LogP contribution in [-0.4, -0.2) is 18.1 Å². The Hall–Kier alpha value is -2.95. The zero-order chi connectivity index (χ0) is 14.8. The number of aromatic nitrogens is 1. The number of benzene rings is 2. The lowest BCUT2D eigenvalue weighted by Crippen LogP contribution is -2.06. The smallest absolute Gasteiger partial charge is 0.347 e. The molecule has 104 valence electrons. The zero-order valence-corrected chi connectivity index (χ0v) is 11.2. The van der Waals surface area contributed by atoms with E-state index in [1.165, 1.54) is 13.2 Å². The van der Waals surface area contributed by atoms with Gasteiger partial charge >= 0.3 is 11.6 Å². The maximum Gasteiger partial charge on any atom is 0.347 e. The molecule has 0 fully saturated rings. The van der Waals surface area contributed by atoms with Gasteiger partial charge in [-0.05, 0) is 30.3 Å². The Bertz CT molecular complexity index is 868. The van der Waals surface area contributed by atoms with E-state index in [0.29, 0.717) is 11.1 Å². The number of carbonyl (C=O) groups excluding carboxylic acids is 1. The summed E-state index contributed by atoms with van der Waals surface area (Å²) in [7, 11) is 1.28. The van der Waals surface area contributed by atoms with Crippen molar-refractivity contribution in [2.45, 2.75) is 0 Å². The summed E-state index contributed by atoms with van der Waals surface area (Å²) >= 11 is 0. The first-order chi connectivity index (χ1) is 10.2. The number of hydrogen-bond donors (Lipinski definition) is 0. The van der Waals surface area contributed by atoms with Crippen molar-refractivity contribution in [1.82, 2.24) is 4.98 Å². The first-order valence-electron chi connectivity index (χ1n) is 6.27. The van der Waals surface area contributed by atoms with Crippen LogP contribution in [0.1, 0.15) is 10.4 Å². The molecule has 0 saturated heterocycles. The third-order valence-electron chi connectivity index (χ3n) is 3.07. The maximum absolute atomic E-state index is 12.1. The third-order valence-corrected chi connectivity index (χ3v) is 3.07. The number of esters is 1. The van der Waals surface area contributed by atoms with Crippen LogP contribution in [0, 0.1) is 0 Å². The SMILES string of the molecule is COC(=O)c1ccc2nc(-c3ccccc3)oc(=O)c2c1. The Kier molecular flexibility index (Phi) is 3.23. The molecule has 3 rings (SSSR count). The average Bonchev–Trinajstić information content (AvgIpc) is 2.54. The summed E-state index contributed by atoms with van der Waals surface area (Å²) in [6.45, 7) is 0. The van der Waals surface area contributed by atoms with E-state index in [4.69, 9.17) is 4.42 Å². The van der Waals surface area contributed by atoms with Crippen LogP contribution in [0.3, 0.4) is 0 Å². The number of ether oxygens (including phenoxy) is 1. The highest BCUT2D eigenvalue weighted by atomic mass is 16.5. The fourth-order valence-electron chi connectivity index (χ4n) is 2.02. The van der Waals surface area contributed by atoms with E-state index < -0.39 is 11.6 Å². The van der Waals surface area contributed by atoms with Crippen molar-refractivity contribution in [2.24, 2.45) is 0 Å². The number of methoxy groups -OCH3 is 1. The fourth-order valence-corrected chi connectivity index (χ4v) is 2.02. The quantitative estimate of drug-likeness (QED) is 0.675. The van der Waals surface area contributed by atoms with Gasteiger partial charge in [-0.3, -0.25) is 0 Å². The molecule has 0 amide bonds. The van der Waals surface area contributed by atoms with Gasteiger partial charge in [-0.2, -0.15) is 0 Å². The molecular formula is C16H11NO4. The predicted octanol–water partition coefficient (Wildman–Crippen LogP) is 2.64. The van der Waals surface area contributed by atoms with Crippen molar-refractivity contribution in [3.63, 3.8) is 0 Å². The van der Waals surface area contributed by atoms with E-state index in [0.717, 1.165) is 0 Å². The first-order valence-corrected chi connectivity index (χ1v) is 6.27. The summed E-state index contributed by atoms with van der Waals surface area (Å²) in [5.41, 5.74) is 0.933. The van der Waals surface area contributed by atoms with Gasteiger partial charge in [0, 0.05) is 5.56 Å². The van der Waals surface area contributed by atoms with Crippen molar-refractivity contribution < 1.29 is 13.9 Å². The lowest BCUT2D eigenvalue weighted by molar-refractivity contribution is 0.0601. The third kappa shape index (κ3) is 2.41. The molecule has 21 heavy (non-hydrogen) atoms. The average molecular weight is 281 g/mol. The van der Waals surface area contributed by atoms with E-state index in [1.807, 2.05) is 18.2 Å². The van der Waals surface area contributed by atoms with Crippen LogP contribution in [0.5, 0.6) is 0 Å². The number of nitrogens with zero attached hydrogens (tertiary/aromatic N) is 1. The van der Waals surface area contributed by atoms with Gasteiger partial charge in [0.2, 0.25) is 5.89 Å². The van der Waals surface area contributed by atoms with E-state index in [1.54, 1.807) is 24.3 Å². The van der Waals surface area contributed by atoms with Crippen LogP contribution < -0.4 is 5.63 Å². The molecule has 5 heteroatoms. The molecule has 1 heterocycles. The van der Waals surface area contributed by atoms with Crippen LogP contribution in [0.4, 0.5) is 0 Å². The lowest BCUT2D eigenvalue weighted by Gasteiger charge is -2.03. The number of fused-ring (bicyclic) bond motifs is 1. The molecule has 0 aliphatic heterocycles. The van der Waals surface area contributed by atoms with Gasteiger partial charge in [-0.1, -0.05) is 18.2 Å². The van der Waals surface area contributed by atoms with Gasteiger partial charge in [0.15, 0.2) is 0 Å². The van der Waals surface area contributed by atoms with Crippen molar-refractivity contribution in [3.05, 3.63) is 64.5 Å². The Morgan fingerprint density at radius 3 is 2.62 bits per heavy atom. The molecule has 0 atom stereocenters. The van der Waals surface area contributed by atoms with Crippen molar-refractivity contribution in [2.75, 3.05) is 7.11 Å². The van der Waals surface area contributed by atoms with E-state index >= 15 is 0 Å². The number of hydrogen-bond acceptors (Lipinski definition) is 5. The Balaban J connectivity index is 2.18. The van der Waals surface area contributed by atoms with Crippen molar-refractivity contribution in [1.29, 1.82) is 0 Å². The second-order valence-corrected chi connectivity index (χ2v) is 4.40. The van der Waals surface area contributed by atoms with Crippen molar-refractivity contribution >= 4 is 16.9 Å². The molecule has 0 unspecified atom stereocenters. The fraction of sp³-hybridized carbons (Fsp3) is 0.0625. The predicted molar refractivity (Wildman–Crippen MR) is 77.1 cm³/mol. The molecule has 0 spiro atoms. The highest BCUT2D eigenvalue weighted by Crippen LogP contribution is 2.19. The van der Waals surface area contributed by atoms with Crippen LogP contribution in [0.2, 0.25) is 0 Å². The molecule has 0 aliphatic rings. The minimum atomic E-state index is -0.537. The molecule has 0 aliphatic carbocycles. The molecule has 0 radical (unpaired) electrons. The largest absolute Gasteiger partial charge is 0.465 e. The second kappa shape index (κ2) is 5.20. The van der Waals surface area contributed by atoms with Gasteiger partial charge < -0.3 is 9.15 Å². The van der Waals surface area contributed by atoms with Gasteiger partial charge in [0.1, 0.15) is 0 Å². The number of rotatable bonds is 2. The topological polar surface area (TPSA) is 69.4 Å². The highest BCUT2D eigenvalue weighted by molar-refractivity contribution is 5.94. The van der Waals surface area contributed by atoms with Crippen molar-refractivity contribution in [3.8, 4) is 11.5 Å². The van der Waals surface area contributed by atoms with E-state index in [2.05, 4.69) is 9.72 Å². The molecule has 0 bridgehead atoms. The zero-order valence-electron chi connectivity index (χ0n) is 11.2. The summed E-state index contributed by atoms with van der Waals surface area (Å²) in [6.07, 6.45) is 0. The molecule has 2 aromatic carbocycles. The molecule has 5 nitrogen and oxygen atoms in total. The molecule has 3 aromatic rings. The van der Waals surface area contributed by atoms with E-state index in [-0.39, 0.29) is 16.8 Å². The lowest BCUT2D eigenvalue weighted by atomic mass is 10.1. The van der Waals surface area contributed by atoms with Gasteiger partial charge in [-0.15, -0.1) is 0 Å². The monoisotopic (exact) mass is 281 g/mol. The van der Waals surface area contributed by atoms with E-state index in [9.17, 15) is 9.59 Å². The Labute approximate surface area is 119 Å².